The normalized spacial score (nSPS) is 11.2. The maximum atomic E-state index is 12.0. The van der Waals surface area contributed by atoms with Crippen molar-refractivity contribution in [3.63, 3.8) is 0 Å². The number of nitrogens with zero attached hydrogens (tertiary/aromatic N) is 3. The van der Waals surface area contributed by atoms with Gasteiger partial charge in [0.15, 0.2) is 5.58 Å². The zero-order valence-corrected chi connectivity index (χ0v) is 13.5. The standard InChI is InChI=1S/C17H14N4O2S/c22-16(11-24-17-19-14-6-1-2-7-15(14)23-17)18-10-12-9-13-5-3-4-8-21(13)20-12/h1-9H,10-11H2,(H,18,22). The lowest BCUT2D eigenvalue weighted by molar-refractivity contribution is -0.118. The van der Waals surface area contributed by atoms with Crippen LogP contribution in [0, 0.1) is 0 Å². The summed E-state index contributed by atoms with van der Waals surface area (Å²) in [5, 5.41) is 7.75. The van der Waals surface area contributed by atoms with E-state index in [-0.39, 0.29) is 11.7 Å². The molecule has 0 aliphatic rings. The second-order valence-electron chi connectivity index (χ2n) is 5.22. The second kappa shape index (κ2) is 6.37. The SMILES string of the molecule is O=C(CSc1nc2ccccc2o1)NCc1cc2ccccn2n1. The molecule has 6 nitrogen and oxygen atoms in total. The molecule has 3 heterocycles. The molecule has 0 atom stereocenters. The number of carbonyl (C=O) groups excluding carboxylic acids is 1. The zero-order valence-electron chi connectivity index (χ0n) is 12.7. The molecule has 0 spiro atoms. The molecule has 0 saturated carbocycles. The van der Waals surface area contributed by atoms with Crippen LogP contribution in [0.5, 0.6) is 0 Å². The van der Waals surface area contributed by atoms with Crippen LogP contribution >= 0.6 is 11.8 Å². The largest absolute Gasteiger partial charge is 0.431 e. The number of hydrogen-bond acceptors (Lipinski definition) is 5. The summed E-state index contributed by atoms with van der Waals surface area (Å²) in [6.07, 6.45) is 1.88. The van der Waals surface area contributed by atoms with Crippen LogP contribution in [-0.2, 0) is 11.3 Å². The van der Waals surface area contributed by atoms with E-state index in [0.717, 1.165) is 22.3 Å². The number of thioether (sulfide) groups is 1. The van der Waals surface area contributed by atoms with Crippen molar-refractivity contribution in [2.45, 2.75) is 11.8 Å². The van der Waals surface area contributed by atoms with Gasteiger partial charge in [0.05, 0.1) is 23.5 Å². The zero-order chi connectivity index (χ0) is 16.4. The highest BCUT2D eigenvalue weighted by Crippen LogP contribution is 2.22. The molecule has 4 aromatic rings. The molecule has 0 radical (unpaired) electrons. The summed E-state index contributed by atoms with van der Waals surface area (Å²) >= 11 is 1.28. The quantitative estimate of drug-likeness (QED) is 0.567. The van der Waals surface area contributed by atoms with Crippen molar-refractivity contribution in [2.75, 3.05) is 5.75 Å². The Hall–Kier alpha value is -2.80. The van der Waals surface area contributed by atoms with Gasteiger partial charge < -0.3 is 9.73 Å². The van der Waals surface area contributed by atoms with Crippen molar-refractivity contribution in [2.24, 2.45) is 0 Å². The number of rotatable bonds is 5. The molecule has 0 fully saturated rings. The van der Waals surface area contributed by atoms with Gasteiger partial charge in [0.2, 0.25) is 5.91 Å². The molecule has 0 bridgehead atoms. The number of pyridine rings is 1. The highest BCUT2D eigenvalue weighted by Gasteiger charge is 2.09. The molecule has 0 aliphatic heterocycles. The number of oxazole rings is 1. The number of benzene rings is 1. The fraction of sp³-hybridized carbons (Fsp3) is 0.118. The van der Waals surface area contributed by atoms with Gasteiger partial charge >= 0.3 is 0 Å². The average Bonchev–Trinajstić information content (AvgIpc) is 3.21. The average molecular weight is 338 g/mol. The van der Waals surface area contributed by atoms with E-state index >= 15 is 0 Å². The number of amides is 1. The van der Waals surface area contributed by atoms with Crippen molar-refractivity contribution in [3.8, 4) is 0 Å². The lowest BCUT2D eigenvalue weighted by Gasteiger charge is -2.01. The summed E-state index contributed by atoms with van der Waals surface area (Å²) in [5.41, 5.74) is 3.35. The van der Waals surface area contributed by atoms with E-state index in [1.807, 2.05) is 54.7 Å². The molecule has 4 rings (SSSR count). The topological polar surface area (TPSA) is 72.4 Å². The van der Waals surface area contributed by atoms with Gasteiger partial charge in [0.25, 0.3) is 5.22 Å². The van der Waals surface area contributed by atoms with E-state index in [2.05, 4.69) is 15.4 Å². The van der Waals surface area contributed by atoms with Crippen LogP contribution in [0.15, 0.2) is 64.4 Å². The highest BCUT2D eigenvalue weighted by atomic mass is 32.2. The molecule has 0 aliphatic carbocycles. The Balaban J connectivity index is 1.33. The van der Waals surface area contributed by atoms with Gasteiger partial charge in [-0.25, -0.2) is 9.50 Å². The van der Waals surface area contributed by atoms with Gasteiger partial charge in [-0.2, -0.15) is 5.10 Å². The first-order chi connectivity index (χ1) is 11.8. The van der Waals surface area contributed by atoms with Crippen molar-refractivity contribution < 1.29 is 9.21 Å². The molecule has 120 valence electrons. The fourth-order valence-electron chi connectivity index (χ4n) is 2.36. The monoisotopic (exact) mass is 338 g/mol. The minimum atomic E-state index is -0.0840. The predicted octanol–water partition coefficient (Wildman–Crippen LogP) is 2.88. The van der Waals surface area contributed by atoms with Crippen molar-refractivity contribution in [3.05, 3.63) is 60.4 Å². The Morgan fingerprint density at radius 3 is 2.96 bits per heavy atom. The third-order valence-electron chi connectivity index (χ3n) is 3.49. The molecule has 7 heteroatoms. The Morgan fingerprint density at radius 2 is 2.08 bits per heavy atom. The van der Waals surface area contributed by atoms with E-state index in [9.17, 15) is 4.79 Å². The van der Waals surface area contributed by atoms with Gasteiger partial charge in [-0.1, -0.05) is 30.0 Å². The third-order valence-corrected chi connectivity index (χ3v) is 4.32. The minimum absolute atomic E-state index is 0.0840. The molecule has 24 heavy (non-hydrogen) atoms. The predicted molar refractivity (Wildman–Crippen MR) is 91.8 cm³/mol. The molecule has 0 unspecified atom stereocenters. The smallest absolute Gasteiger partial charge is 0.257 e. The number of carbonyl (C=O) groups is 1. The van der Waals surface area contributed by atoms with Crippen LogP contribution in [0.2, 0.25) is 0 Å². The Morgan fingerprint density at radius 1 is 1.21 bits per heavy atom. The number of fused-ring (bicyclic) bond motifs is 2. The maximum absolute atomic E-state index is 12.0. The van der Waals surface area contributed by atoms with Crippen LogP contribution < -0.4 is 5.32 Å². The second-order valence-corrected chi connectivity index (χ2v) is 6.15. The van der Waals surface area contributed by atoms with E-state index in [1.54, 1.807) is 4.52 Å². The van der Waals surface area contributed by atoms with Gasteiger partial charge in [-0.15, -0.1) is 0 Å². The van der Waals surface area contributed by atoms with E-state index < -0.39 is 0 Å². The minimum Gasteiger partial charge on any atom is -0.431 e. The Bertz CT molecular complexity index is 862. The number of nitrogens with one attached hydrogen (secondary N) is 1. The van der Waals surface area contributed by atoms with Gasteiger partial charge in [0, 0.05) is 6.20 Å². The molecule has 3 aromatic heterocycles. The van der Waals surface area contributed by atoms with Crippen molar-refractivity contribution in [1.29, 1.82) is 0 Å². The first-order valence-electron chi connectivity index (χ1n) is 7.46. The van der Waals surface area contributed by atoms with E-state index in [4.69, 9.17) is 4.42 Å². The van der Waals surface area contributed by atoms with Crippen LogP contribution in [0.25, 0.3) is 16.6 Å². The number of aromatic nitrogens is 3. The maximum Gasteiger partial charge on any atom is 0.257 e. The third kappa shape index (κ3) is 3.11. The Kier molecular flexibility index (Phi) is 3.92. The van der Waals surface area contributed by atoms with Gasteiger partial charge in [0.1, 0.15) is 5.52 Å². The Labute approximate surface area is 141 Å². The highest BCUT2D eigenvalue weighted by molar-refractivity contribution is 7.99. The van der Waals surface area contributed by atoms with Crippen molar-refractivity contribution >= 4 is 34.3 Å². The van der Waals surface area contributed by atoms with Crippen LogP contribution in [0.4, 0.5) is 0 Å². The summed E-state index contributed by atoms with van der Waals surface area (Å²) in [7, 11) is 0. The fourth-order valence-corrected chi connectivity index (χ4v) is 3.03. The van der Waals surface area contributed by atoms with E-state index in [0.29, 0.717) is 11.8 Å². The molecule has 1 amide bonds. The lowest BCUT2D eigenvalue weighted by Crippen LogP contribution is -2.24. The van der Waals surface area contributed by atoms with Gasteiger partial charge in [-0.05, 0) is 30.3 Å². The van der Waals surface area contributed by atoms with Crippen LogP contribution in [0.1, 0.15) is 5.69 Å². The molecule has 0 saturated heterocycles. The molecular formula is C17H14N4O2S. The van der Waals surface area contributed by atoms with Crippen LogP contribution in [0.3, 0.4) is 0 Å². The summed E-state index contributed by atoms with van der Waals surface area (Å²) in [5.74, 6) is 0.166. The summed E-state index contributed by atoms with van der Waals surface area (Å²) in [6, 6.07) is 15.3. The first-order valence-corrected chi connectivity index (χ1v) is 8.45. The van der Waals surface area contributed by atoms with Crippen LogP contribution in [-0.4, -0.2) is 26.3 Å². The van der Waals surface area contributed by atoms with Crippen molar-refractivity contribution in [1.82, 2.24) is 19.9 Å². The molecular weight excluding hydrogens is 324 g/mol. The molecule has 1 N–H and O–H groups in total. The summed E-state index contributed by atoms with van der Waals surface area (Å²) < 4.78 is 7.36. The number of hydrogen-bond donors (Lipinski definition) is 1. The number of para-hydroxylation sites is 2. The van der Waals surface area contributed by atoms with Gasteiger partial charge in [-0.3, -0.25) is 4.79 Å². The molecule has 1 aromatic carbocycles. The lowest BCUT2D eigenvalue weighted by atomic mass is 10.3. The first kappa shape index (κ1) is 14.8. The summed E-state index contributed by atoms with van der Waals surface area (Å²) in [6.45, 7) is 0.397. The summed E-state index contributed by atoms with van der Waals surface area (Å²) in [4.78, 5) is 16.3. The van der Waals surface area contributed by atoms with E-state index in [1.165, 1.54) is 11.8 Å².